The van der Waals surface area contributed by atoms with E-state index in [0.717, 1.165) is 11.3 Å². The van der Waals surface area contributed by atoms with Gasteiger partial charge in [-0.05, 0) is 36.2 Å². The van der Waals surface area contributed by atoms with Gasteiger partial charge in [0.15, 0.2) is 11.5 Å². The fourth-order valence-electron chi connectivity index (χ4n) is 2.28. The van der Waals surface area contributed by atoms with Gasteiger partial charge in [-0.3, -0.25) is 4.79 Å². The molecule has 0 unspecified atom stereocenters. The van der Waals surface area contributed by atoms with Crippen LogP contribution in [0.2, 0.25) is 0 Å². The molecule has 5 heteroatoms. The average molecular weight is 315 g/mol. The summed E-state index contributed by atoms with van der Waals surface area (Å²) in [5.74, 6) is 1.69. The first-order chi connectivity index (χ1) is 11.2. The van der Waals surface area contributed by atoms with E-state index in [2.05, 4.69) is 5.32 Å². The second-order valence-corrected chi connectivity index (χ2v) is 4.95. The predicted octanol–water partition coefficient (Wildman–Crippen LogP) is 3.28. The molecule has 0 aliphatic carbocycles. The fraction of sp³-hybridized carbons (Fsp3) is 0.278. The van der Waals surface area contributed by atoms with Crippen molar-refractivity contribution in [2.75, 3.05) is 26.6 Å². The molecular formula is C18H21NO4. The minimum atomic E-state index is -0.0371. The number of hydrogen-bond acceptors (Lipinski definition) is 4. The summed E-state index contributed by atoms with van der Waals surface area (Å²) in [4.78, 5) is 12.0. The molecule has 0 saturated heterocycles. The third-order valence-electron chi connectivity index (χ3n) is 3.42. The van der Waals surface area contributed by atoms with Crippen molar-refractivity contribution in [1.82, 2.24) is 0 Å². The highest BCUT2D eigenvalue weighted by Crippen LogP contribution is 2.38. The van der Waals surface area contributed by atoms with Gasteiger partial charge in [-0.15, -0.1) is 0 Å². The van der Waals surface area contributed by atoms with Crippen LogP contribution in [0.4, 0.5) is 5.69 Å². The van der Waals surface area contributed by atoms with Gasteiger partial charge in [0.2, 0.25) is 11.7 Å². The number of carbonyl (C=O) groups excluding carboxylic acids is 1. The van der Waals surface area contributed by atoms with E-state index in [0.29, 0.717) is 30.1 Å². The number of methoxy groups -OCH3 is 3. The van der Waals surface area contributed by atoms with Crippen LogP contribution in [0.5, 0.6) is 17.2 Å². The summed E-state index contributed by atoms with van der Waals surface area (Å²) in [7, 11) is 4.71. The van der Waals surface area contributed by atoms with Gasteiger partial charge in [0.25, 0.3) is 0 Å². The van der Waals surface area contributed by atoms with Crippen molar-refractivity contribution in [3.8, 4) is 17.2 Å². The molecular weight excluding hydrogens is 294 g/mol. The Bertz CT molecular complexity index is 630. The first-order valence-corrected chi connectivity index (χ1v) is 7.31. The highest BCUT2D eigenvalue weighted by molar-refractivity contribution is 5.90. The summed E-state index contributed by atoms with van der Waals surface area (Å²) in [6, 6.07) is 13.1. The van der Waals surface area contributed by atoms with E-state index < -0.39 is 0 Å². The highest BCUT2D eigenvalue weighted by atomic mass is 16.5. The predicted molar refractivity (Wildman–Crippen MR) is 89.5 cm³/mol. The Kier molecular flexibility index (Phi) is 5.86. The molecule has 2 aromatic rings. The van der Waals surface area contributed by atoms with Crippen LogP contribution in [-0.4, -0.2) is 27.2 Å². The Morgan fingerprint density at radius 2 is 1.57 bits per heavy atom. The van der Waals surface area contributed by atoms with Crippen LogP contribution in [-0.2, 0) is 11.2 Å². The summed E-state index contributed by atoms with van der Waals surface area (Å²) in [6.45, 7) is 0. The Morgan fingerprint density at radius 3 is 2.09 bits per heavy atom. The van der Waals surface area contributed by atoms with Gasteiger partial charge in [-0.25, -0.2) is 0 Å². The smallest absolute Gasteiger partial charge is 0.224 e. The Labute approximate surface area is 136 Å². The van der Waals surface area contributed by atoms with Crippen molar-refractivity contribution in [2.24, 2.45) is 0 Å². The Balaban J connectivity index is 2.04. The summed E-state index contributed by atoms with van der Waals surface area (Å²) >= 11 is 0. The minimum Gasteiger partial charge on any atom is -0.493 e. The van der Waals surface area contributed by atoms with Crippen molar-refractivity contribution in [2.45, 2.75) is 12.8 Å². The first-order valence-electron chi connectivity index (χ1n) is 7.31. The molecule has 0 aliphatic rings. The number of ether oxygens (including phenoxy) is 3. The molecule has 1 N–H and O–H groups in total. The zero-order chi connectivity index (χ0) is 16.7. The van der Waals surface area contributed by atoms with Crippen molar-refractivity contribution in [3.05, 3.63) is 48.0 Å². The van der Waals surface area contributed by atoms with Crippen LogP contribution in [0.3, 0.4) is 0 Å². The SMILES string of the molecule is COc1cc(CCC(=O)Nc2ccccc2)cc(OC)c1OC. The molecule has 23 heavy (non-hydrogen) atoms. The van der Waals surface area contributed by atoms with Gasteiger partial charge in [0, 0.05) is 12.1 Å². The maximum absolute atomic E-state index is 12.0. The lowest BCUT2D eigenvalue weighted by molar-refractivity contribution is -0.116. The van der Waals surface area contributed by atoms with E-state index in [-0.39, 0.29) is 5.91 Å². The molecule has 122 valence electrons. The maximum atomic E-state index is 12.0. The summed E-state index contributed by atoms with van der Waals surface area (Å²) in [5, 5.41) is 2.87. The zero-order valence-electron chi connectivity index (χ0n) is 13.6. The molecule has 0 bridgehead atoms. The lowest BCUT2D eigenvalue weighted by Crippen LogP contribution is -2.12. The molecule has 1 amide bonds. The summed E-state index contributed by atoms with van der Waals surface area (Å²) in [5.41, 5.74) is 1.74. The lowest BCUT2D eigenvalue weighted by Gasteiger charge is -2.14. The van der Waals surface area contributed by atoms with Crippen LogP contribution in [0, 0.1) is 0 Å². The first kappa shape index (κ1) is 16.7. The van der Waals surface area contributed by atoms with Gasteiger partial charge in [0.1, 0.15) is 0 Å². The van der Waals surface area contributed by atoms with E-state index in [9.17, 15) is 4.79 Å². The van der Waals surface area contributed by atoms with Crippen molar-refractivity contribution < 1.29 is 19.0 Å². The molecule has 0 aliphatic heterocycles. The zero-order valence-corrected chi connectivity index (χ0v) is 13.6. The van der Waals surface area contributed by atoms with Gasteiger partial charge in [-0.2, -0.15) is 0 Å². The molecule has 5 nitrogen and oxygen atoms in total. The second-order valence-electron chi connectivity index (χ2n) is 4.95. The average Bonchev–Trinajstić information content (AvgIpc) is 2.59. The minimum absolute atomic E-state index is 0.0371. The molecule has 0 aromatic heterocycles. The van der Waals surface area contributed by atoms with E-state index in [1.807, 2.05) is 42.5 Å². The number of hydrogen-bond donors (Lipinski definition) is 1. The standard InChI is InChI=1S/C18H21NO4/c1-21-15-11-13(12-16(22-2)18(15)23-3)9-10-17(20)19-14-7-5-4-6-8-14/h4-8,11-12H,9-10H2,1-3H3,(H,19,20). The number of amides is 1. The molecule has 0 atom stereocenters. The Hall–Kier alpha value is -2.69. The second kappa shape index (κ2) is 8.08. The summed E-state index contributed by atoms with van der Waals surface area (Å²) in [6.07, 6.45) is 0.947. The third-order valence-corrected chi connectivity index (χ3v) is 3.42. The number of rotatable bonds is 7. The highest BCUT2D eigenvalue weighted by Gasteiger charge is 2.13. The molecule has 0 fully saturated rings. The largest absolute Gasteiger partial charge is 0.493 e. The fourth-order valence-corrected chi connectivity index (χ4v) is 2.28. The molecule has 0 saturated carbocycles. The van der Waals surface area contributed by atoms with E-state index >= 15 is 0 Å². The van der Waals surface area contributed by atoms with Gasteiger partial charge < -0.3 is 19.5 Å². The monoisotopic (exact) mass is 315 g/mol. The van der Waals surface area contributed by atoms with Crippen molar-refractivity contribution >= 4 is 11.6 Å². The number of nitrogens with one attached hydrogen (secondary N) is 1. The lowest BCUT2D eigenvalue weighted by atomic mass is 10.1. The van der Waals surface area contributed by atoms with E-state index in [4.69, 9.17) is 14.2 Å². The van der Waals surface area contributed by atoms with Gasteiger partial charge in [-0.1, -0.05) is 18.2 Å². The molecule has 0 radical (unpaired) electrons. The number of carbonyl (C=O) groups is 1. The Morgan fingerprint density at radius 1 is 0.957 bits per heavy atom. The van der Waals surface area contributed by atoms with Crippen LogP contribution in [0.15, 0.2) is 42.5 Å². The third kappa shape index (κ3) is 4.39. The number of para-hydroxylation sites is 1. The van der Waals surface area contributed by atoms with Crippen molar-refractivity contribution in [3.63, 3.8) is 0 Å². The topological polar surface area (TPSA) is 56.8 Å². The summed E-state index contributed by atoms with van der Waals surface area (Å²) < 4.78 is 15.9. The number of anilines is 1. The van der Waals surface area contributed by atoms with Crippen LogP contribution >= 0.6 is 0 Å². The van der Waals surface area contributed by atoms with E-state index in [1.165, 1.54) is 0 Å². The number of benzene rings is 2. The van der Waals surface area contributed by atoms with Gasteiger partial charge in [0.05, 0.1) is 21.3 Å². The quantitative estimate of drug-likeness (QED) is 0.852. The van der Waals surface area contributed by atoms with E-state index in [1.54, 1.807) is 21.3 Å². The van der Waals surface area contributed by atoms with Gasteiger partial charge >= 0.3 is 0 Å². The van der Waals surface area contributed by atoms with Crippen LogP contribution < -0.4 is 19.5 Å². The normalized spacial score (nSPS) is 10.0. The number of aryl methyl sites for hydroxylation is 1. The molecule has 2 rings (SSSR count). The molecule has 0 heterocycles. The van der Waals surface area contributed by atoms with Crippen molar-refractivity contribution in [1.29, 1.82) is 0 Å². The maximum Gasteiger partial charge on any atom is 0.224 e. The van der Waals surface area contributed by atoms with Crippen LogP contribution in [0.25, 0.3) is 0 Å². The molecule has 0 spiro atoms. The van der Waals surface area contributed by atoms with Crippen LogP contribution in [0.1, 0.15) is 12.0 Å². The molecule has 2 aromatic carbocycles.